The van der Waals surface area contributed by atoms with E-state index >= 15 is 0 Å². The Kier molecular flexibility index (Phi) is 2.46. The fourth-order valence-corrected chi connectivity index (χ4v) is 1.10. The molecule has 1 N–H and O–H groups in total. The van der Waals surface area contributed by atoms with Crippen LogP contribution in [0.1, 0.15) is 19.3 Å². The number of hydrogen-bond donors (Lipinski definition) is 1. The van der Waals surface area contributed by atoms with E-state index in [1.165, 1.54) is 0 Å². The van der Waals surface area contributed by atoms with E-state index in [0.717, 1.165) is 0 Å². The molecule has 0 aromatic rings. The molecule has 4 nitrogen and oxygen atoms in total. The van der Waals surface area contributed by atoms with Gasteiger partial charge < -0.3 is 9.84 Å². The Hall–Kier alpha value is -1.06. The second-order valence-corrected chi connectivity index (χ2v) is 2.59. The van der Waals surface area contributed by atoms with Gasteiger partial charge in [-0.15, -0.1) is 0 Å². The summed E-state index contributed by atoms with van der Waals surface area (Å²) >= 11 is 0. The lowest BCUT2D eigenvalue weighted by Gasteiger charge is -2.00. The number of carbonyl (C=O) groups excluding carboxylic acids is 1. The highest BCUT2D eigenvalue weighted by molar-refractivity contribution is 5.75. The van der Waals surface area contributed by atoms with Crippen molar-refractivity contribution >= 4 is 11.9 Å². The lowest BCUT2D eigenvalue weighted by Crippen LogP contribution is -2.09. The average Bonchev–Trinajstić information content (AvgIpc) is 2.31. The van der Waals surface area contributed by atoms with Gasteiger partial charge in [0.05, 0.1) is 12.5 Å². The standard InChI is InChI=1S/C7H10O4/c8-6(9)2-1-5-3-4-11-7(5)10/h5H,1-4H2,(H,8,9)/t5-/m0/s1. The Morgan fingerprint density at radius 2 is 2.45 bits per heavy atom. The van der Waals surface area contributed by atoms with Gasteiger partial charge in [0.2, 0.25) is 0 Å². The first-order valence-corrected chi connectivity index (χ1v) is 3.58. The SMILES string of the molecule is O=C(O)CC[C@H]1CCOC1=O. The van der Waals surface area contributed by atoms with E-state index in [1.807, 2.05) is 0 Å². The van der Waals surface area contributed by atoms with Gasteiger partial charge in [-0.2, -0.15) is 0 Å². The maximum absolute atomic E-state index is 10.8. The molecule has 0 saturated carbocycles. The maximum Gasteiger partial charge on any atom is 0.309 e. The molecule has 62 valence electrons. The highest BCUT2D eigenvalue weighted by atomic mass is 16.5. The number of aliphatic carboxylic acids is 1. The predicted octanol–water partition coefficient (Wildman–Crippen LogP) is 0.414. The summed E-state index contributed by atoms with van der Waals surface area (Å²) in [5, 5.41) is 8.31. The fourth-order valence-electron chi connectivity index (χ4n) is 1.10. The summed E-state index contributed by atoms with van der Waals surface area (Å²) < 4.78 is 4.67. The average molecular weight is 158 g/mol. The molecule has 1 aliphatic heterocycles. The highest BCUT2D eigenvalue weighted by Crippen LogP contribution is 2.19. The number of carboxylic acid groups (broad SMARTS) is 1. The van der Waals surface area contributed by atoms with Crippen molar-refractivity contribution in [2.24, 2.45) is 5.92 Å². The van der Waals surface area contributed by atoms with Crippen LogP contribution in [0.25, 0.3) is 0 Å². The minimum atomic E-state index is -0.857. The minimum absolute atomic E-state index is 0.0553. The highest BCUT2D eigenvalue weighted by Gasteiger charge is 2.26. The second-order valence-electron chi connectivity index (χ2n) is 2.59. The Morgan fingerprint density at radius 3 is 2.91 bits per heavy atom. The van der Waals surface area contributed by atoms with Gasteiger partial charge in [0.25, 0.3) is 0 Å². The zero-order chi connectivity index (χ0) is 8.27. The second kappa shape index (κ2) is 3.37. The first kappa shape index (κ1) is 8.04. The molecule has 0 aromatic heterocycles. The van der Waals surface area contributed by atoms with Crippen LogP contribution in [0.4, 0.5) is 0 Å². The van der Waals surface area contributed by atoms with Crippen molar-refractivity contribution in [1.29, 1.82) is 0 Å². The minimum Gasteiger partial charge on any atom is -0.481 e. The van der Waals surface area contributed by atoms with E-state index in [9.17, 15) is 9.59 Å². The number of carbonyl (C=O) groups is 2. The van der Waals surface area contributed by atoms with Crippen LogP contribution < -0.4 is 0 Å². The molecule has 0 amide bonds. The summed E-state index contributed by atoms with van der Waals surface area (Å²) in [5.41, 5.74) is 0. The van der Waals surface area contributed by atoms with Crippen LogP contribution in [-0.2, 0) is 14.3 Å². The van der Waals surface area contributed by atoms with E-state index in [2.05, 4.69) is 4.74 Å². The van der Waals surface area contributed by atoms with E-state index in [0.29, 0.717) is 19.4 Å². The smallest absolute Gasteiger partial charge is 0.309 e. The van der Waals surface area contributed by atoms with Crippen molar-refractivity contribution in [3.63, 3.8) is 0 Å². The largest absolute Gasteiger partial charge is 0.481 e. The summed E-state index contributed by atoms with van der Waals surface area (Å²) in [5.74, 6) is -1.28. The van der Waals surface area contributed by atoms with Crippen LogP contribution in [0.15, 0.2) is 0 Å². The third kappa shape index (κ3) is 2.22. The van der Waals surface area contributed by atoms with Crippen LogP contribution in [0.3, 0.4) is 0 Å². The zero-order valence-electron chi connectivity index (χ0n) is 6.08. The molecule has 4 heteroatoms. The number of esters is 1. The van der Waals surface area contributed by atoms with Gasteiger partial charge in [-0.3, -0.25) is 9.59 Å². The molecule has 1 rings (SSSR count). The van der Waals surface area contributed by atoms with Crippen molar-refractivity contribution in [1.82, 2.24) is 0 Å². The first-order chi connectivity index (χ1) is 5.20. The van der Waals surface area contributed by atoms with Crippen molar-refractivity contribution < 1.29 is 19.4 Å². The van der Waals surface area contributed by atoms with Crippen LogP contribution in [0.5, 0.6) is 0 Å². The zero-order valence-corrected chi connectivity index (χ0v) is 6.08. The molecule has 1 atom stereocenters. The summed E-state index contributed by atoms with van der Waals surface area (Å²) in [7, 11) is 0. The summed E-state index contributed by atoms with van der Waals surface area (Å²) in [6.07, 6.45) is 1.14. The third-order valence-corrected chi connectivity index (χ3v) is 1.75. The lowest BCUT2D eigenvalue weighted by atomic mass is 10.0. The number of hydrogen-bond acceptors (Lipinski definition) is 3. The Labute approximate surface area is 64.2 Å². The van der Waals surface area contributed by atoms with E-state index in [-0.39, 0.29) is 18.3 Å². The number of rotatable bonds is 3. The molecular formula is C7H10O4. The molecule has 0 aliphatic carbocycles. The Bertz CT molecular complexity index is 175. The van der Waals surface area contributed by atoms with Crippen molar-refractivity contribution in [2.45, 2.75) is 19.3 Å². The molecule has 1 saturated heterocycles. The number of carboxylic acids is 1. The molecule has 0 unspecified atom stereocenters. The van der Waals surface area contributed by atoms with Crippen LogP contribution in [0.2, 0.25) is 0 Å². The molecular weight excluding hydrogens is 148 g/mol. The number of ether oxygens (including phenoxy) is 1. The predicted molar refractivity (Wildman–Crippen MR) is 35.9 cm³/mol. The number of cyclic esters (lactones) is 1. The first-order valence-electron chi connectivity index (χ1n) is 3.58. The van der Waals surface area contributed by atoms with Crippen LogP contribution in [-0.4, -0.2) is 23.7 Å². The van der Waals surface area contributed by atoms with Crippen molar-refractivity contribution in [3.05, 3.63) is 0 Å². The fraction of sp³-hybridized carbons (Fsp3) is 0.714. The topological polar surface area (TPSA) is 63.6 Å². The van der Waals surface area contributed by atoms with E-state index in [4.69, 9.17) is 5.11 Å². The quantitative estimate of drug-likeness (QED) is 0.604. The molecule has 0 bridgehead atoms. The van der Waals surface area contributed by atoms with Gasteiger partial charge in [0, 0.05) is 6.42 Å². The summed E-state index contributed by atoms with van der Waals surface area (Å²) in [4.78, 5) is 20.9. The van der Waals surface area contributed by atoms with Gasteiger partial charge in [0.15, 0.2) is 0 Å². The van der Waals surface area contributed by atoms with Gasteiger partial charge >= 0.3 is 11.9 Å². The summed E-state index contributed by atoms with van der Waals surface area (Å²) in [6, 6.07) is 0. The van der Waals surface area contributed by atoms with Gasteiger partial charge in [-0.1, -0.05) is 0 Å². The molecule has 1 fully saturated rings. The Morgan fingerprint density at radius 1 is 1.73 bits per heavy atom. The van der Waals surface area contributed by atoms with E-state index < -0.39 is 5.97 Å². The van der Waals surface area contributed by atoms with Crippen LogP contribution in [0, 0.1) is 5.92 Å². The summed E-state index contributed by atoms with van der Waals surface area (Å²) in [6.45, 7) is 0.448. The normalized spacial score (nSPS) is 23.3. The monoisotopic (exact) mass is 158 g/mol. The van der Waals surface area contributed by atoms with Gasteiger partial charge in [-0.05, 0) is 12.8 Å². The molecule has 1 heterocycles. The van der Waals surface area contributed by atoms with Crippen molar-refractivity contribution in [3.8, 4) is 0 Å². The lowest BCUT2D eigenvalue weighted by molar-refractivity contribution is -0.142. The molecule has 11 heavy (non-hydrogen) atoms. The van der Waals surface area contributed by atoms with Crippen LogP contribution >= 0.6 is 0 Å². The van der Waals surface area contributed by atoms with Crippen molar-refractivity contribution in [2.75, 3.05) is 6.61 Å². The molecule has 1 aliphatic rings. The molecule has 0 radical (unpaired) electrons. The van der Waals surface area contributed by atoms with Gasteiger partial charge in [-0.25, -0.2) is 0 Å². The maximum atomic E-state index is 10.8. The Balaban J connectivity index is 2.26. The van der Waals surface area contributed by atoms with E-state index in [1.54, 1.807) is 0 Å². The molecule has 0 spiro atoms. The molecule has 0 aromatic carbocycles. The third-order valence-electron chi connectivity index (χ3n) is 1.75. The van der Waals surface area contributed by atoms with Gasteiger partial charge in [0.1, 0.15) is 0 Å².